The molecule has 0 N–H and O–H groups in total. The third-order valence-corrected chi connectivity index (χ3v) is 4.58. The highest BCUT2D eigenvalue weighted by Gasteiger charge is 2.18. The van der Waals surface area contributed by atoms with Gasteiger partial charge in [0.05, 0.1) is 0 Å². The maximum atomic E-state index is 12.1. The third-order valence-electron chi connectivity index (χ3n) is 2.06. The molecule has 14 heavy (non-hydrogen) atoms. The van der Waals surface area contributed by atoms with Gasteiger partial charge < -0.3 is 9.80 Å². The van der Waals surface area contributed by atoms with Crippen LogP contribution in [0.3, 0.4) is 0 Å². The van der Waals surface area contributed by atoms with Crippen LogP contribution in [0.15, 0.2) is 4.76 Å². The number of rotatable bonds is 3. The van der Waals surface area contributed by atoms with Crippen molar-refractivity contribution in [1.29, 1.82) is 0 Å². The van der Waals surface area contributed by atoms with Gasteiger partial charge in [0.25, 0.3) is 0 Å². The molecule has 0 amide bonds. The van der Waals surface area contributed by atoms with Gasteiger partial charge in [0.1, 0.15) is 0 Å². The minimum atomic E-state index is -2.34. The van der Waals surface area contributed by atoms with Crippen LogP contribution in [0.1, 0.15) is 13.8 Å². The lowest BCUT2D eigenvalue weighted by atomic mass is 10.7. The number of hydrogen-bond donors (Lipinski definition) is 0. The lowest BCUT2D eigenvalue weighted by Crippen LogP contribution is -2.35. The molecule has 0 rings (SSSR count). The fourth-order valence-electron chi connectivity index (χ4n) is 1.11. The molecule has 0 aliphatic carbocycles. The largest absolute Gasteiger partial charge is 0.349 e. The van der Waals surface area contributed by atoms with Gasteiger partial charge in [0, 0.05) is 40.5 Å². The Morgan fingerprint density at radius 1 is 1.07 bits per heavy atom. The molecular formula is C9H22N3OP. The quantitative estimate of drug-likeness (QED) is 0.412. The van der Waals surface area contributed by atoms with Gasteiger partial charge in [-0.1, -0.05) is 13.8 Å². The smallest absolute Gasteiger partial charge is 0.202 e. The summed E-state index contributed by atoms with van der Waals surface area (Å²) in [5.74, 6) is 0.775. The highest BCUT2D eigenvalue weighted by molar-refractivity contribution is 7.62. The van der Waals surface area contributed by atoms with Crippen molar-refractivity contribution in [2.24, 2.45) is 4.76 Å². The Balaban J connectivity index is 4.99. The first-order chi connectivity index (χ1) is 6.36. The minimum absolute atomic E-state index is 0.634. The summed E-state index contributed by atoms with van der Waals surface area (Å²) in [6.45, 7) is 3.85. The van der Waals surface area contributed by atoms with E-state index in [1.807, 2.05) is 51.8 Å². The highest BCUT2D eigenvalue weighted by Crippen LogP contribution is 2.46. The molecule has 5 heteroatoms. The van der Waals surface area contributed by atoms with Gasteiger partial charge in [-0.05, 0) is 0 Å². The molecule has 0 spiro atoms. The standard InChI is InChI=1S/C9H22N3OP/c1-7-14(13,8-2)10-9(11(3)4)12(5)6/h7-8H2,1-6H3. The van der Waals surface area contributed by atoms with E-state index in [0.717, 1.165) is 5.96 Å². The van der Waals surface area contributed by atoms with Crippen LogP contribution in [-0.4, -0.2) is 56.3 Å². The first-order valence-corrected chi connectivity index (χ1v) is 6.92. The van der Waals surface area contributed by atoms with E-state index in [-0.39, 0.29) is 0 Å². The van der Waals surface area contributed by atoms with E-state index in [2.05, 4.69) is 4.76 Å². The molecule has 0 atom stereocenters. The molecule has 0 saturated heterocycles. The lowest BCUT2D eigenvalue weighted by Gasteiger charge is -2.24. The second kappa shape index (κ2) is 5.40. The van der Waals surface area contributed by atoms with Crippen molar-refractivity contribution < 1.29 is 4.57 Å². The zero-order chi connectivity index (χ0) is 11.4. The SMILES string of the molecule is CCP(=O)(CC)N=C(N(C)C)N(C)C. The average Bonchev–Trinajstić information content (AvgIpc) is 2.13. The Hall–Kier alpha value is -0.500. The fraction of sp³-hybridized carbons (Fsp3) is 0.889. The molecule has 0 aromatic heterocycles. The Bertz CT molecular complexity index is 230. The van der Waals surface area contributed by atoms with Gasteiger partial charge in [0.15, 0.2) is 7.29 Å². The maximum Gasteiger partial charge on any atom is 0.202 e. The van der Waals surface area contributed by atoms with Crippen LogP contribution in [0.4, 0.5) is 0 Å². The minimum Gasteiger partial charge on any atom is -0.349 e. The van der Waals surface area contributed by atoms with Crippen molar-refractivity contribution in [3.63, 3.8) is 0 Å². The first-order valence-electron chi connectivity index (χ1n) is 4.89. The second-order valence-corrected chi connectivity index (χ2v) is 6.83. The summed E-state index contributed by atoms with van der Waals surface area (Å²) in [7, 11) is 5.30. The fourth-order valence-corrected chi connectivity index (χ4v) is 2.52. The Kier molecular flexibility index (Phi) is 5.21. The van der Waals surface area contributed by atoms with Gasteiger partial charge in [-0.3, -0.25) is 4.57 Å². The summed E-state index contributed by atoms with van der Waals surface area (Å²) in [6.07, 6.45) is 1.27. The summed E-state index contributed by atoms with van der Waals surface area (Å²) in [6, 6.07) is 0. The van der Waals surface area contributed by atoms with Gasteiger partial charge in [-0.25, -0.2) is 0 Å². The van der Waals surface area contributed by atoms with Gasteiger partial charge in [0.2, 0.25) is 5.96 Å². The molecule has 0 bridgehead atoms. The molecule has 0 heterocycles. The van der Waals surface area contributed by atoms with Crippen molar-refractivity contribution in [1.82, 2.24) is 9.80 Å². The van der Waals surface area contributed by atoms with Crippen molar-refractivity contribution in [3.8, 4) is 0 Å². The summed E-state index contributed by atoms with van der Waals surface area (Å²) >= 11 is 0. The van der Waals surface area contributed by atoms with E-state index in [1.54, 1.807) is 0 Å². The molecule has 0 unspecified atom stereocenters. The van der Waals surface area contributed by atoms with Crippen LogP contribution >= 0.6 is 7.29 Å². The van der Waals surface area contributed by atoms with Crippen LogP contribution in [0.2, 0.25) is 0 Å². The zero-order valence-electron chi connectivity index (χ0n) is 10.1. The van der Waals surface area contributed by atoms with Crippen LogP contribution < -0.4 is 0 Å². The molecule has 0 saturated carbocycles. The topological polar surface area (TPSA) is 35.9 Å². The van der Waals surface area contributed by atoms with Crippen molar-refractivity contribution in [2.75, 3.05) is 40.5 Å². The van der Waals surface area contributed by atoms with Crippen molar-refractivity contribution in [2.45, 2.75) is 13.8 Å². The van der Waals surface area contributed by atoms with Gasteiger partial charge in [-0.15, -0.1) is 0 Å². The molecule has 84 valence electrons. The molecule has 0 radical (unpaired) electrons. The van der Waals surface area contributed by atoms with E-state index in [0.29, 0.717) is 12.3 Å². The predicted molar refractivity (Wildman–Crippen MR) is 63.5 cm³/mol. The molecule has 0 fully saturated rings. The van der Waals surface area contributed by atoms with Gasteiger partial charge >= 0.3 is 0 Å². The molecular weight excluding hydrogens is 197 g/mol. The molecule has 0 aromatic carbocycles. The average molecular weight is 219 g/mol. The van der Waals surface area contributed by atoms with E-state index < -0.39 is 7.29 Å². The Morgan fingerprint density at radius 2 is 1.43 bits per heavy atom. The van der Waals surface area contributed by atoms with Crippen molar-refractivity contribution in [3.05, 3.63) is 0 Å². The molecule has 4 nitrogen and oxygen atoms in total. The first kappa shape index (κ1) is 13.5. The summed E-state index contributed by atoms with van der Waals surface area (Å²) < 4.78 is 16.5. The van der Waals surface area contributed by atoms with E-state index in [9.17, 15) is 4.57 Å². The normalized spacial score (nSPS) is 11.0. The molecule has 0 aliphatic rings. The van der Waals surface area contributed by atoms with E-state index >= 15 is 0 Å². The monoisotopic (exact) mass is 219 g/mol. The Labute approximate surface area is 87.4 Å². The number of nitrogens with zero attached hydrogens (tertiary/aromatic N) is 3. The van der Waals surface area contributed by atoms with Crippen LogP contribution in [-0.2, 0) is 4.57 Å². The van der Waals surface area contributed by atoms with E-state index in [4.69, 9.17) is 0 Å². The zero-order valence-corrected chi connectivity index (χ0v) is 11.0. The number of guanidine groups is 1. The second-order valence-electron chi connectivity index (χ2n) is 3.67. The van der Waals surface area contributed by atoms with Crippen LogP contribution in [0.25, 0.3) is 0 Å². The number of hydrogen-bond acceptors (Lipinski definition) is 1. The summed E-state index contributed by atoms with van der Waals surface area (Å²) in [4.78, 5) is 3.77. The molecule has 0 aliphatic heterocycles. The van der Waals surface area contributed by atoms with Gasteiger partial charge in [-0.2, -0.15) is 4.76 Å². The third kappa shape index (κ3) is 3.70. The van der Waals surface area contributed by atoms with Crippen LogP contribution in [0, 0.1) is 0 Å². The molecule has 0 aromatic rings. The van der Waals surface area contributed by atoms with Crippen LogP contribution in [0.5, 0.6) is 0 Å². The maximum absolute atomic E-state index is 12.1. The van der Waals surface area contributed by atoms with E-state index in [1.165, 1.54) is 0 Å². The summed E-state index contributed by atoms with van der Waals surface area (Å²) in [5, 5.41) is 0. The lowest BCUT2D eigenvalue weighted by molar-refractivity contribution is 0.484. The van der Waals surface area contributed by atoms with Crippen molar-refractivity contribution >= 4 is 13.3 Å². The predicted octanol–water partition coefficient (Wildman–Crippen LogP) is 1.78. The Morgan fingerprint density at radius 3 is 1.64 bits per heavy atom. The summed E-state index contributed by atoms with van der Waals surface area (Å²) in [5.41, 5.74) is 0. The highest BCUT2D eigenvalue weighted by atomic mass is 31.2.